The number of H-pyrrole nitrogens is 2. The van der Waals surface area contributed by atoms with Gasteiger partial charge in [0.2, 0.25) is 0 Å². The minimum Gasteiger partial charge on any atom is -0.480 e. The number of carbonyl (C=O) groups is 1. The van der Waals surface area contributed by atoms with Crippen LogP contribution in [-0.4, -0.2) is 45.7 Å². The smallest absolute Gasteiger partial charge is 0.322 e. The zero-order valence-electron chi connectivity index (χ0n) is 9.57. The van der Waals surface area contributed by atoms with Gasteiger partial charge in [0.05, 0.1) is 12.5 Å². The minimum absolute atomic E-state index is 0.0390. The fraction of sp³-hybridized carbons (Fsp3) is 0.222. The molecule has 0 fully saturated rings. The lowest BCUT2D eigenvalue weighted by molar-refractivity contribution is -0.138. The summed E-state index contributed by atoms with van der Waals surface area (Å²) in [5.74, 6) is -1.28. The van der Waals surface area contributed by atoms with E-state index in [1.807, 2.05) is 0 Å². The molecule has 102 valence electrons. The summed E-state index contributed by atoms with van der Waals surface area (Å²) in [5.41, 5.74) is 0.514. The molecule has 9 nitrogen and oxygen atoms in total. The third-order valence-corrected chi connectivity index (χ3v) is 3.74. The number of hydrogen-bond donors (Lipinski definition) is 4. The SMILES string of the molecule is O=C(O)[C@@H](Cc1cnc[nH]1)NS(=O)(=O)c1ccn[nH]1. The van der Waals surface area contributed by atoms with E-state index in [-0.39, 0.29) is 11.4 Å². The molecule has 2 aromatic rings. The predicted molar refractivity (Wildman–Crippen MR) is 62.6 cm³/mol. The van der Waals surface area contributed by atoms with Crippen LogP contribution in [0.25, 0.3) is 0 Å². The molecular weight excluding hydrogens is 274 g/mol. The quantitative estimate of drug-likeness (QED) is 0.542. The Morgan fingerprint density at radius 2 is 2.32 bits per heavy atom. The van der Waals surface area contributed by atoms with E-state index in [2.05, 4.69) is 24.9 Å². The fourth-order valence-corrected chi connectivity index (χ4v) is 2.54. The number of nitrogens with zero attached hydrogens (tertiary/aromatic N) is 2. The molecule has 2 heterocycles. The molecule has 0 unspecified atom stereocenters. The van der Waals surface area contributed by atoms with Gasteiger partial charge in [0, 0.05) is 18.3 Å². The van der Waals surface area contributed by atoms with Gasteiger partial charge in [-0.15, -0.1) is 0 Å². The van der Waals surface area contributed by atoms with Crippen molar-refractivity contribution in [3.8, 4) is 0 Å². The molecule has 0 radical (unpaired) electrons. The number of aromatic amines is 2. The number of imidazole rings is 1. The Bertz CT molecular complexity index is 634. The van der Waals surface area contributed by atoms with Gasteiger partial charge >= 0.3 is 5.97 Å². The maximum atomic E-state index is 11.9. The Balaban J connectivity index is 2.15. The maximum absolute atomic E-state index is 11.9. The van der Waals surface area contributed by atoms with Gasteiger partial charge in [-0.05, 0) is 6.07 Å². The van der Waals surface area contributed by atoms with Crippen molar-refractivity contribution >= 4 is 16.0 Å². The van der Waals surface area contributed by atoms with Crippen molar-refractivity contribution in [3.05, 3.63) is 30.5 Å². The average Bonchev–Trinajstić information content (AvgIpc) is 3.00. The van der Waals surface area contributed by atoms with E-state index in [1.165, 1.54) is 24.8 Å². The van der Waals surface area contributed by atoms with Crippen LogP contribution < -0.4 is 4.72 Å². The van der Waals surface area contributed by atoms with Gasteiger partial charge < -0.3 is 10.1 Å². The van der Waals surface area contributed by atoms with Gasteiger partial charge in [-0.25, -0.2) is 13.4 Å². The Morgan fingerprint density at radius 1 is 1.53 bits per heavy atom. The second-order valence-electron chi connectivity index (χ2n) is 3.71. The first-order valence-electron chi connectivity index (χ1n) is 5.21. The van der Waals surface area contributed by atoms with Crippen molar-refractivity contribution in [1.29, 1.82) is 0 Å². The summed E-state index contributed by atoms with van der Waals surface area (Å²) >= 11 is 0. The molecule has 0 aromatic carbocycles. The summed E-state index contributed by atoms with van der Waals surface area (Å²) < 4.78 is 25.8. The molecule has 0 spiro atoms. The van der Waals surface area contributed by atoms with Gasteiger partial charge in [-0.1, -0.05) is 0 Å². The second-order valence-corrected chi connectivity index (χ2v) is 5.40. The summed E-state index contributed by atoms with van der Waals surface area (Å²) in [6, 6.07) is -0.0639. The molecule has 10 heteroatoms. The molecule has 0 saturated heterocycles. The second kappa shape index (κ2) is 5.20. The normalized spacial score (nSPS) is 13.3. The van der Waals surface area contributed by atoms with Gasteiger partial charge in [-0.3, -0.25) is 9.89 Å². The van der Waals surface area contributed by atoms with E-state index in [4.69, 9.17) is 5.11 Å². The Morgan fingerprint density at radius 3 is 2.84 bits per heavy atom. The van der Waals surface area contributed by atoms with E-state index in [0.717, 1.165) is 0 Å². The van der Waals surface area contributed by atoms with E-state index in [9.17, 15) is 13.2 Å². The molecule has 2 aromatic heterocycles. The minimum atomic E-state index is -3.95. The summed E-state index contributed by atoms with van der Waals surface area (Å²) in [6.45, 7) is 0. The van der Waals surface area contributed by atoms with Crippen LogP contribution in [0.1, 0.15) is 5.69 Å². The van der Waals surface area contributed by atoms with Crippen LogP contribution in [0.15, 0.2) is 29.8 Å². The maximum Gasteiger partial charge on any atom is 0.322 e. The molecule has 19 heavy (non-hydrogen) atoms. The van der Waals surface area contributed by atoms with Crippen molar-refractivity contribution in [2.75, 3.05) is 0 Å². The van der Waals surface area contributed by atoms with Gasteiger partial charge in [0.1, 0.15) is 6.04 Å². The molecule has 0 bridgehead atoms. The molecule has 0 aliphatic carbocycles. The first-order valence-corrected chi connectivity index (χ1v) is 6.69. The first kappa shape index (κ1) is 13.2. The van der Waals surface area contributed by atoms with E-state index < -0.39 is 22.0 Å². The Hall–Kier alpha value is -2.20. The van der Waals surface area contributed by atoms with Gasteiger partial charge in [0.25, 0.3) is 10.0 Å². The monoisotopic (exact) mass is 285 g/mol. The van der Waals surface area contributed by atoms with Crippen LogP contribution >= 0.6 is 0 Å². The van der Waals surface area contributed by atoms with Crippen molar-refractivity contribution in [3.63, 3.8) is 0 Å². The summed E-state index contributed by atoms with van der Waals surface area (Å²) in [7, 11) is -3.95. The number of aromatic nitrogens is 4. The first-order chi connectivity index (χ1) is 8.99. The molecule has 1 atom stereocenters. The van der Waals surface area contributed by atoms with Crippen molar-refractivity contribution in [1.82, 2.24) is 24.9 Å². The number of carboxylic acids is 1. The molecule has 0 aliphatic heterocycles. The van der Waals surface area contributed by atoms with Crippen LogP contribution in [0.4, 0.5) is 0 Å². The van der Waals surface area contributed by atoms with Crippen molar-refractivity contribution in [2.45, 2.75) is 17.5 Å². The lowest BCUT2D eigenvalue weighted by Gasteiger charge is -2.12. The lowest BCUT2D eigenvalue weighted by atomic mass is 10.2. The highest BCUT2D eigenvalue weighted by Crippen LogP contribution is 2.06. The third kappa shape index (κ3) is 3.17. The number of nitrogens with one attached hydrogen (secondary N) is 3. The molecule has 4 N–H and O–H groups in total. The van der Waals surface area contributed by atoms with E-state index in [1.54, 1.807) is 0 Å². The van der Waals surface area contributed by atoms with E-state index >= 15 is 0 Å². The van der Waals surface area contributed by atoms with Crippen molar-refractivity contribution in [2.24, 2.45) is 0 Å². The molecular formula is C9H11N5O4S. The predicted octanol–water partition coefficient (Wildman–Crippen LogP) is -0.893. The Kier molecular flexibility index (Phi) is 3.62. The summed E-state index contributed by atoms with van der Waals surface area (Å²) in [5, 5.41) is 14.6. The molecule has 0 amide bonds. The zero-order chi connectivity index (χ0) is 13.9. The van der Waals surface area contributed by atoms with Gasteiger partial charge in [0.15, 0.2) is 5.03 Å². The number of aliphatic carboxylic acids is 1. The van der Waals surface area contributed by atoms with Crippen LogP contribution in [-0.2, 0) is 21.2 Å². The fourth-order valence-electron chi connectivity index (χ4n) is 1.44. The van der Waals surface area contributed by atoms with Crippen LogP contribution in [0.3, 0.4) is 0 Å². The number of sulfonamides is 1. The van der Waals surface area contributed by atoms with Crippen LogP contribution in [0.2, 0.25) is 0 Å². The number of hydrogen-bond acceptors (Lipinski definition) is 5. The molecule has 0 saturated carbocycles. The lowest BCUT2D eigenvalue weighted by Crippen LogP contribution is -2.42. The Labute approximate surface area is 108 Å². The van der Waals surface area contributed by atoms with Crippen LogP contribution in [0.5, 0.6) is 0 Å². The van der Waals surface area contributed by atoms with Crippen molar-refractivity contribution < 1.29 is 18.3 Å². The highest BCUT2D eigenvalue weighted by atomic mass is 32.2. The van der Waals surface area contributed by atoms with Gasteiger partial charge in [-0.2, -0.15) is 9.82 Å². The standard InChI is InChI=1S/C9H11N5O4S/c15-9(16)7(3-6-4-10-5-11-6)14-19(17,18)8-1-2-12-13-8/h1-2,4-5,7,14H,3H2,(H,10,11)(H,12,13)(H,15,16)/t7-/m1/s1. The highest BCUT2D eigenvalue weighted by Gasteiger charge is 2.26. The zero-order valence-corrected chi connectivity index (χ0v) is 10.4. The molecule has 2 rings (SSSR count). The third-order valence-electron chi connectivity index (χ3n) is 2.34. The van der Waals surface area contributed by atoms with E-state index in [0.29, 0.717) is 5.69 Å². The largest absolute Gasteiger partial charge is 0.480 e. The topological polar surface area (TPSA) is 141 Å². The average molecular weight is 285 g/mol. The number of rotatable bonds is 6. The van der Waals surface area contributed by atoms with Crippen LogP contribution in [0, 0.1) is 0 Å². The molecule has 0 aliphatic rings. The number of carboxylic acid groups (broad SMARTS) is 1. The summed E-state index contributed by atoms with van der Waals surface area (Å²) in [4.78, 5) is 17.5. The summed E-state index contributed by atoms with van der Waals surface area (Å²) in [6.07, 6.45) is 4.04. The highest BCUT2D eigenvalue weighted by molar-refractivity contribution is 7.89.